The minimum absolute atomic E-state index is 0.100. The number of hydrogen-bond acceptors (Lipinski definition) is 2. The monoisotopic (exact) mass is 437 g/mol. The molecule has 0 aliphatic carbocycles. The van der Waals surface area contributed by atoms with Crippen LogP contribution in [0.5, 0.6) is 0 Å². The Morgan fingerprint density at radius 1 is 1.18 bits per heavy atom. The molecule has 1 atom stereocenters. The zero-order valence-electron chi connectivity index (χ0n) is 9.01. The van der Waals surface area contributed by atoms with E-state index in [-0.39, 0.29) is 6.04 Å². The molecule has 2 rings (SSSR count). The lowest BCUT2D eigenvalue weighted by Crippen LogP contribution is -2.10. The van der Waals surface area contributed by atoms with Crippen molar-refractivity contribution in [2.45, 2.75) is 13.0 Å². The molecule has 1 heterocycles. The summed E-state index contributed by atoms with van der Waals surface area (Å²) in [7, 11) is 0. The van der Waals surface area contributed by atoms with E-state index in [0.717, 1.165) is 23.2 Å². The average molecular weight is 440 g/mol. The van der Waals surface area contributed by atoms with Crippen molar-refractivity contribution >= 4 is 59.1 Å². The number of halogens is 3. The number of thiophene rings is 1. The molecule has 1 aromatic heterocycles. The van der Waals surface area contributed by atoms with Crippen LogP contribution in [-0.4, -0.2) is 0 Å². The first-order valence-corrected chi connectivity index (χ1v) is 8.15. The molecule has 0 amide bonds. The highest BCUT2D eigenvalue weighted by Crippen LogP contribution is 2.36. The Balaban J connectivity index is 2.42. The summed E-state index contributed by atoms with van der Waals surface area (Å²) in [6.07, 6.45) is 0. The van der Waals surface area contributed by atoms with Crippen LogP contribution in [0.3, 0.4) is 0 Å². The quantitative estimate of drug-likeness (QED) is 0.666. The van der Waals surface area contributed by atoms with Gasteiger partial charge in [-0.15, -0.1) is 11.3 Å². The van der Waals surface area contributed by atoms with Gasteiger partial charge in [0.2, 0.25) is 0 Å². The fourth-order valence-electron chi connectivity index (χ4n) is 1.54. The van der Waals surface area contributed by atoms with Crippen LogP contribution in [0, 0.1) is 6.92 Å². The molecular formula is C12H10Br3NS. The van der Waals surface area contributed by atoms with Gasteiger partial charge in [-0.2, -0.15) is 0 Å². The fraction of sp³-hybridized carbons (Fsp3) is 0.167. The summed E-state index contributed by atoms with van der Waals surface area (Å²) in [4.78, 5) is 1.16. The molecule has 1 nitrogen and oxygen atoms in total. The average Bonchev–Trinajstić information content (AvgIpc) is 2.62. The third-order valence-corrected chi connectivity index (χ3v) is 5.91. The van der Waals surface area contributed by atoms with Crippen LogP contribution in [0.25, 0.3) is 0 Å². The molecular weight excluding hydrogens is 430 g/mol. The Morgan fingerprint density at radius 2 is 1.88 bits per heavy atom. The number of rotatable bonds is 2. The SMILES string of the molecule is Cc1cc(C(N)c2cc(Br)ccc2Br)sc1Br. The zero-order valence-corrected chi connectivity index (χ0v) is 14.6. The van der Waals surface area contributed by atoms with Gasteiger partial charge in [-0.3, -0.25) is 0 Å². The van der Waals surface area contributed by atoms with Crippen molar-refractivity contribution in [3.05, 3.63) is 53.0 Å². The maximum atomic E-state index is 6.31. The summed E-state index contributed by atoms with van der Waals surface area (Å²) in [5, 5.41) is 0. The van der Waals surface area contributed by atoms with Gasteiger partial charge in [0.05, 0.1) is 9.83 Å². The maximum Gasteiger partial charge on any atom is 0.0731 e. The van der Waals surface area contributed by atoms with Crippen LogP contribution in [0.2, 0.25) is 0 Å². The Bertz CT molecular complexity index is 531. The van der Waals surface area contributed by atoms with Gasteiger partial charge in [-0.05, 0) is 58.2 Å². The molecule has 0 fully saturated rings. The van der Waals surface area contributed by atoms with Crippen LogP contribution in [0.1, 0.15) is 22.0 Å². The Labute approximate surface area is 130 Å². The van der Waals surface area contributed by atoms with Crippen molar-refractivity contribution in [1.82, 2.24) is 0 Å². The third kappa shape index (κ3) is 3.01. The van der Waals surface area contributed by atoms with Gasteiger partial charge >= 0.3 is 0 Å². The normalized spacial score (nSPS) is 12.8. The second-order valence-corrected chi connectivity index (χ2v) is 7.92. The molecule has 17 heavy (non-hydrogen) atoms. The van der Waals surface area contributed by atoms with Crippen LogP contribution < -0.4 is 5.73 Å². The van der Waals surface area contributed by atoms with Gasteiger partial charge in [-0.25, -0.2) is 0 Å². The van der Waals surface area contributed by atoms with E-state index in [1.165, 1.54) is 5.56 Å². The topological polar surface area (TPSA) is 26.0 Å². The minimum atomic E-state index is -0.100. The first-order chi connectivity index (χ1) is 7.99. The van der Waals surface area contributed by atoms with Crippen molar-refractivity contribution in [1.29, 1.82) is 0 Å². The fourth-order valence-corrected chi connectivity index (χ4v) is 4.01. The third-order valence-electron chi connectivity index (χ3n) is 2.48. The number of aryl methyl sites for hydroxylation is 1. The van der Waals surface area contributed by atoms with Gasteiger partial charge in [-0.1, -0.05) is 31.9 Å². The van der Waals surface area contributed by atoms with E-state index in [4.69, 9.17) is 5.73 Å². The van der Waals surface area contributed by atoms with Gasteiger partial charge in [0.1, 0.15) is 0 Å². The lowest BCUT2D eigenvalue weighted by molar-refractivity contribution is 0.885. The predicted molar refractivity (Wildman–Crippen MR) is 84.6 cm³/mol. The van der Waals surface area contributed by atoms with E-state index in [1.54, 1.807) is 11.3 Å². The van der Waals surface area contributed by atoms with Gasteiger partial charge in [0.15, 0.2) is 0 Å². The zero-order chi connectivity index (χ0) is 12.6. The summed E-state index contributed by atoms with van der Waals surface area (Å²) in [6.45, 7) is 2.08. The second kappa shape index (κ2) is 5.53. The van der Waals surface area contributed by atoms with Crippen LogP contribution in [-0.2, 0) is 0 Å². The first-order valence-electron chi connectivity index (χ1n) is 4.95. The summed E-state index contributed by atoms with van der Waals surface area (Å²) < 4.78 is 3.22. The molecule has 1 aromatic carbocycles. The number of benzene rings is 1. The highest BCUT2D eigenvalue weighted by molar-refractivity contribution is 9.11. The molecule has 0 radical (unpaired) electrons. The van der Waals surface area contributed by atoms with Gasteiger partial charge in [0.25, 0.3) is 0 Å². The molecule has 0 bridgehead atoms. The van der Waals surface area contributed by atoms with E-state index in [9.17, 15) is 0 Å². The van der Waals surface area contributed by atoms with E-state index >= 15 is 0 Å². The molecule has 0 aliphatic heterocycles. The van der Waals surface area contributed by atoms with E-state index in [0.29, 0.717) is 0 Å². The van der Waals surface area contributed by atoms with E-state index in [1.807, 2.05) is 12.1 Å². The first kappa shape index (κ1) is 13.7. The van der Waals surface area contributed by atoms with Crippen molar-refractivity contribution in [3.63, 3.8) is 0 Å². The highest BCUT2D eigenvalue weighted by Gasteiger charge is 2.16. The largest absolute Gasteiger partial charge is 0.320 e. The Kier molecular flexibility index (Phi) is 4.47. The van der Waals surface area contributed by atoms with Crippen LogP contribution in [0.15, 0.2) is 37.0 Å². The standard InChI is InChI=1S/C12H10Br3NS/c1-6-4-10(17-12(6)15)11(16)8-5-7(13)2-3-9(8)14/h2-5,11H,16H2,1H3. The Hall–Kier alpha value is 0.320. The maximum absolute atomic E-state index is 6.31. The summed E-state index contributed by atoms with van der Waals surface area (Å²) in [5.41, 5.74) is 8.63. The molecule has 2 N–H and O–H groups in total. The minimum Gasteiger partial charge on any atom is -0.320 e. The lowest BCUT2D eigenvalue weighted by atomic mass is 10.1. The molecule has 90 valence electrons. The van der Waals surface area contributed by atoms with Crippen molar-refractivity contribution < 1.29 is 0 Å². The van der Waals surface area contributed by atoms with Gasteiger partial charge in [0, 0.05) is 13.8 Å². The smallest absolute Gasteiger partial charge is 0.0731 e. The molecule has 0 spiro atoms. The van der Waals surface area contributed by atoms with Crippen molar-refractivity contribution in [2.24, 2.45) is 5.73 Å². The van der Waals surface area contributed by atoms with Gasteiger partial charge < -0.3 is 5.73 Å². The van der Waals surface area contributed by atoms with Crippen LogP contribution >= 0.6 is 59.1 Å². The predicted octanol–water partition coefficient (Wildman–Crippen LogP) is 5.39. The van der Waals surface area contributed by atoms with Crippen molar-refractivity contribution in [2.75, 3.05) is 0 Å². The molecule has 0 saturated carbocycles. The highest BCUT2D eigenvalue weighted by atomic mass is 79.9. The van der Waals surface area contributed by atoms with E-state index in [2.05, 4.69) is 66.8 Å². The summed E-state index contributed by atoms with van der Waals surface area (Å²) in [5.74, 6) is 0. The lowest BCUT2D eigenvalue weighted by Gasteiger charge is -2.12. The number of nitrogens with two attached hydrogens (primary N) is 1. The summed E-state index contributed by atoms with van der Waals surface area (Å²) in [6, 6.07) is 8.09. The molecule has 0 saturated heterocycles. The van der Waals surface area contributed by atoms with E-state index < -0.39 is 0 Å². The van der Waals surface area contributed by atoms with Crippen LogP contribution in [0.4, 0.5) is 0 Å². The molecule has 5 heteroatoms. The Morgan fingerprint density at radius 3 is 2.47 bits per heavy atom. The summed E-state index contributed by atoms with van der Waals surface area (Å²) >= 11 is 12.2. The molecule has 0 aliphatic rings. The second-order valence-electron chi connectivity index (χ2n) is 3.75. The van der Waals surface area contributed by atoms with Crippen molar-refractivity contribution in [3.8, 4) is 0 Å². The molecule has 1 unspecified atom stereocenters. The molecule has 2 aromatic rings. The number of hydrogen-bond donors (Lipinski definition) is 1.